The van der Waals surface area contributed by atoms with Crippen LogP contribution >= 0.6 is 0 Å². The molecule has 18 heavy (non-hydrogen) atoms. The number of hydrogen-bond acceptors (Lipinski definition) is 3. The van der Waals surface area contributed by atoms with Gasteiger partial charge >= 0.3 is 0 Å². The van der Waals surface area contributed by atoms with E-state index >= 15 is 0 Å². The highest BCUT2D eigenvalue weighted by atomic mass is 16.2. The van der Waals surface area contributed by atoms with E-state index < -0.39 is 0 Å². The van der Waals surface area contributed by atoms with Gasteiger partial charge in [0.2, 0.25) is 11.8 Å². The Bertz CT molecular complexity index is 434. The summed E-state index contributed by atoms with van der Waals surface area (Å²) in [6.45, 7) is 0.368. The van der Waals surface area contributed by atoms with Crippen molar-refractivity contribution in [3.8, 4) is 0 Å². The molecule has 1 aliphatic rings. The maximum atomic E-state index is 11.9. The van der Waals surface area contributed by atoms with Crippen molar-refractivity contribution in [2.24, 2.45) is 0 Å². The Kier molecular flexibility index (Phi) is 3.82. The summed E-state index contributed by atoms with van der Waals surface area (Å²) in [6, 6.07) is 7.66. The minimum atomic E-state index is -0.230. The molecular formula is C13H17N3O2. The van der Waals surface area contributed by atoms with Crippen molar-refractivity contribution in [2.45, 2.75) is 18.9 Å². The van der Waals surface area contributed by atoms with Crippen LogP contribution in [0.4, 0.5) is 5.69 Å². The third-order valence-electron chi connectivity index (χ3n) is 3.02. The number of rotatable bonds is 4. The SMILES string of the molecule is CNC(=O)CCNC(=O)[C@@H]1Cc2ccccc2N1. The first-order valence-electron chi connectivity index (χ1n) is 6.03. The molecule has 0 radical (unpaired) electrons. The van der Waals surface area contributed by atoms with Crippen molar-refractivity contribution in [1.82, 2.24) is 10.6 Å². The van der Waals surface area contributed by atoms with Gasteiger partial charge in [-0.3, -0.25) is 9.59 Å². The van der Waals surface area contributed by atoms with Crippen LogP contribution in [0.2, 0.25) is 0 Å². The summed E-state index contributed by atoms with van der Waals surface area (Å²) in [5, 5.41) is 8.45. The van der Waals surface area contributed by atoms with Gasteiger partial charge in [0.15, 0.2) is 0 Å². The van der Waals surface area contributed by atoms with Crippen molar-refractivity contribution >= 4 is 17.5 Å². The van der Waals surface area contributed by atoms with Gasteiger partial charge < -0.3 is 16.0 Å². The number of benzene rings is 1. The lowest BCUT2D eigenvalue weighted by Gasteiger charge is -2.11. The zero-order valence-corrected chi connectivity index (χ0v) is 10.3. The lowest BCUT2D eigenvalue weighted by Crippen LogP contribution is -2.39. The van der Waals surface area contributed by atoms with Crippen LogP contribution in [-0.4, -0.2) is 31.4 Å². The molecule has 0 aromatic heterocycles. The Morgan fingerprint density at radius 1 is 1.39 bits per heavy atom. The van der Waals surface area contributed by atoms with Crippen molar-refractivity contribution in [3.05, 3.63) is 29.8 Å². The molecule has 0 saturated carbocycles. The number of fused-ring (bicyclic) bond motifs is 1. The van der Waals surface area contributed by atoms with Gasteiger partial charge in [0.1, 0.15) is 6.04 Å². The third-order valence-corrected chi connectivity index (χ3v) is 3.02. The van der Waals surface area contributed by atoms with Gasteiger partial charge in [0.25, 0.3) is 0 Å². The summed E-state index contributed by atoms with van der Waals surface area (Å²) in [5.41, 5.74) is 2.17. The van der Waals surface area contributed by atoms with Crippen LogP contribution < -0.4 is 16.0 Å². The quantitative estimate of drug-likeness (QED) is 0.715. The maximum absolute atomic E-state index is 11.9. The molecule has 1 aliphatic heterocycles. The smallest absolute Gasteiger partial charge is 0.242 e. The van der Waals surface area contributed by atoms with Crippen LogP contribution in [0, 0.1) is 0 Å². The summed E-state index contributed by atoms with van der Waals surface area (Å²) >= 11 is 0. The monoisotopic (exact) mass is 247 g/mol. The van der Waals surface area contributed by atoms with Gasteiger partial charge in [-0.1, -0.05) is 18.2 Å². The van der Waals surface area contributed by atoms with Gasteiger partial charge in [-0.25, -0.2) is 0 Å². The molecule has 0 fully saturated rings. The second kappa shape index (κ2) is 5.53. The van der Waals surface area contributed by atoms with E-state index in [1.165, 1.54) is 0 Å². The lowest BCUT2D eigenvalue weighted by molar-refractivity contribution is -0.122. The molecule has 2 rings (SSSR count). The highest BCUT2D eigenvalue weighted by molar-refractivity contribution is 5.87. The summed E-state index contributed by atoms with van der Waals surface area (Å²) in [5.74, 6) is -0.131. The van der Waals surface area contributed by atoms with E-state index in [-0.39, 0.29) is 17.9 Å². The number of amides is 2. The summed E-state index contributed by atoms with van der Waals surface area (Å²) < 4.78 is 0. The number of nitrogens with one attached hydrogen (secondary N) is 3. The second-order valence-corrected chi connectivity index (χ2v) is 4.27. The Balaban J connectivity index is 1.81. The fourth-order valence-corrected chi connectivity index (χ4v) is 2.00. The Morgan fingerprint density at radius 2 is 2.17 bits per heavy atom. The fraction of sp³-hybridized carbons (Fsp3) is 0.385. The minimum absolute atomic E-state index is 0.0601. The molecule has 3 N–H and O–H groups in total. The predicted octanol–water partition coefficient (Wildman–Crippen LogP) is 0.276. The normalized spacial score (nSPS) is 16.6. The molecule has 1 heterocycles. The molecule has 1 aromatic carbocycles. The van der Waals surface area contributed by atoms with Crippen molar-refractivity contribution in [3.63, 3.8) is 0 Å². The first-order chi connectivity index (χ1) is 8.70. The highest BCUT2D eigenvalue weighted by Gasteiger charge is 2.25. The largest absolute Gasteiger partial charge is 0.373 e. The standard InChI is InChI=1S/C13H17N3O2/c1-14-12(17)6-7-15-13(18)11-8-9-4-2-3-5-10(9)16-11/h2-5,11,16H,6-8H2,1H3,(H,14,17)(H,15,18)/t11-/m0/s1. The van der Waals surface area contributed by atoms with Gasteiger partial charge in [0, 0.05) is 32.1 Å². The van der Waals surface area contributed by atoms with Gasteiger partial charge in [-0.05, 0) is 11.6 Å². The van der Waals surface area contributed by atoms with Crippen molar-refractivity contribution in [2.75, 3.05) is 18.9 Å². The lowest BCUT2D eigenvalue weighted by atomic mass is 10.1. The number of para-hydroxylation sites is 1. The molecule has 0 spiro atoms. The molecule has 1 aromatic rings. The average molecular weight is 247 g/mol. The number of anilines is 1. The van der Waals surface area contributed by atoms with E-state index in [4.69, 9.17) is 0 Å². The molecule has 5 heteroatoms. The first-order valence-corrected chi connectivity index (χ1v) is 6.03. The minimum Gasteiger partial charge on any atom is -0.373 e. The predicted molar refractivity (Wildman–Crippen MR) is 69.3 cm³/mol. The molecule has 0 saturated heterocycles. The third kappa shape index (κ3) is 2.80. The van der Waals surface area contributed by atoms with Crippen LogP contribution in [0.5, 0.6) is 0 Å². The van der Waals surface area contributed by atoms with Crippen LogP contribution in [-0.2, 0) is 16.0 Å². The second-order valence-electron chi connectivity index (χ2n) is 4.27. The first kappa shape index (κ1) is 12.4. The molecule has 96 valence electrons. The molecule has 0 aliphatic carbocycles. The molecule has 0 bridgehead atoms. The van der Waals surface area contributed by atoms with E-state index in [1.807, 2.05) is 24.3 Å². The summed E-state index contributed by atoms with van der Waals surface area (Å²) in [7, 11) is 1.58. The summed E-state index contributed by atoms with van der Waals surface area (Å²) in [6.07, 6.45) is 1.00. The van der Waals surface area contributed by atoms with Gasteiger partial charge in [-0.15, -0.1) is 0 Å². The molecule has 0 unspecified atom stereocenters. The van der Waals surface area contributed by atoms with Crippen LogP contribution in [0.25, 0.3) is 0 Å². The van der Waals surface area contributed by atoms with E-state index in [0.717, 1.165) is 11.3 Å². The molecule has 5 nitrogen and oxygen atoms in total. The van der Waals surface area contributed by atoms with E-state index in [1.54, 1.807) is 7.05 Å². The highest BCUT2D eigenvalue weighted by Crippen LogP contribution is 2.24. The maximum Gasteiger partial charge on any atom is 0.242 e. The topological polar surface area (TPSA) is 70.2 Å². The van der Waals surface area contributed by atoms with Crippen molar-refractivity contribution < 1.29 is 9.59 Å². The molecular weight excluding hydrogens is 230 g/mol. The Morgan fingerprint density at radius 3 is 2.89 bits per heavy atom. The number of carbonyl (C=O) groups excluding carboxylic acids is 2. The van der Waals surface area contributed by atoms with E-state index in [0.29, 0.717) is 19.4 Å². The van der Waals surface area contributed by atoms with Crippen LogP contribution in [0.3, 0.4) is 0 Å². The summed E-state index contributed by atoms with van der Waals surface area (Å²) in [4.78, 5) is 22.9. The van der Waals surface area contributed by atoms with Gasteiger partial charge in [0.05, 0.1) is 0 Å². The Labute approximate surface area is 106 Å². The van der Waals surface area contributed by atoms with E-state index in [9.17, 15) is 9.59 Å². The Hall–Kier alpha value is -2.04. The zero-order valence-electron chi connectivity index (χ0n) is 10.3. The van der Waals surface area contributed by atoms with Crippen LogP contribution in [0.15, 0.2) is 24.3 Å². The fourth-order valence-electron chi connectivity index (χ4n) is 2.00. The van der Waals surface area contributed by atoms with E-state index in [2.05, 4.69) is 16.0 Å². The van der Waals surface area contributed by atoms with Crippen molar-refractivity contribution in [1.29, 1.82) is 0 Å². The van der Waals surface area contributed by atoms with Gasteiger partial charge in [-0.2, -0.15) is 0 Å². The average Bonchev–Trinajstić information content (AvgIpc) is 2.82. The molecule has 1 atom stereocenters. The molecule has 2 amide bonds. The zero-order chi connectivity index (χ0) is 13.0. The van der Waals surface area contributed by atoms with Crippen LogP contribution in [0.1, 0.15) is 12.0 Å². The number of carbonyl (C=O) groups is 2. The number of hydrogen-bond donors (Lipinski definition) is 3.